The molecule has 2 aliphatic heterocycles. The number of urea groups is 1. The number of hydrogen-bond acceptors (Lipinski definition) is 3. The van der Waals surface area contributed by atoms with Gasteiger partial charge in [0.15, 0.2) is 0 Å². The lowest BCUT2D eigenvalue weighted by Gasteiger charge is -2.45. The van der Waals surface area contributed by atoms with Crippen LogP contribution < -0.4 is 5.32 Å². The summed E-state index contributed by atoms with van der Waals surface area (Å²) in [7, 11) is 1.71. The molecule has 2 rings (SSSR count). The van der Waals surface area contributed by atoms with Gasteiger partial charge in [0.05, 0.1) is 0 Å². The first-order chi connectivity index (χ1) is 9.41. The first-order valence-corrected chi connectivity index (χ1v) is 7.87. The minimum atomic E-state index is 0.0622. The van der Waals surface area contributed by atoms with Crippen LogP contribution in [0, 0.1) is 0 Å². The average Bonchev–Trinajstić information content (AvgIpc) is 2.46. The number of nitrogens with zero attached hydrogens (tertiary/aromatic N) is 3. The van der Waals surface area contributed by atoms with Crippen molar-refractivity contribution in [3.05, 3.63) is 0 Å². The van der Waals surface area contributed by atoms with E-state index in [-0.39, 0.29) is 6.03 Å². The molecule has 2 fully saturated rings. The third-order valence-corrected chi connectivity index (χ3v) is 4.74. The van der Waals surface area contributed by atoms with Crippen LogP contribution in [0.25, 0.3) is 0 Å². The molecule has 116 valence electrons. The monoisotopic (exact) mass is 282 g/mol. The maximum atomic E-state index is 11.6. The Morgan fingerprint density at radius 3 is 2.00 bits per heavy atom. The van der Waals surface area contributed by atoms with Gasteiger partial charge in [-0.15, -0.1) is 0 Å². The Morgan fingerprint density at radius 2 is 1.55 bits per heavy atom. The van der Waals surface area contributed by atoms with Gasteiger partial charge >= 0.3 is 6.03 Å². The van der Waals surface area contributed by atoms with Crippen LogP contribution in [0.3, 0.4) is 0 Å². The summed E-state index contributed by atoms with van der Waals surface area (Å²) in [5, 5.41) is 2.71. The number of piperazine rings is 1. The first-order valence-electron chi connectivity index (χ1n) is 7.87. The van der Waals surface area contributed by atoms with E-state index in [4.69, 9.17) is 0 Å². The predicted molar refractivity (Wildman–Crippen MR) is 81.9 cm³/mol. The van der Waals surface area contributed by atoms with Crippen LogP contribution in [0.15, 0.2) is 0 Å². The summed E-state index contributed by atoms with van der Waals surface area (Å²) in [6, 6.07) is 0.771. The molecule has 0 saturated carbocycles. The zero-order valence-electron chi connectivity index (χ0n) is 13.5. The molecule has 5 nitrogen and oxygen atoms in total. The lowest BCUT2D eigenvalue weighted by molar-refractivity contribution is 0.0383. The normalized spacial score (nSPS) is 23.9. The van der Waals surface area contributed by atoms with Gasteiger partial charge in [-0.25, -0.2) is 4.79 Å². The lowest BCUT2D eigenvalue weighted by atomic mass is 9.96. The van der Waals surface area contributed by atoms with Crippen molar-refractivity contribution in [1.29, 1.82) is 0 Å². The SMILES string of the molecule is CNC(=O)N1CCN(C2CCN(C(C)(C)C)CC2)CC1. The minimum absolute atomic E-state index is 0.0622. The summed E-state index contributed by atoms with van der Waals surface area (Å²) >= 11 is 0. The molecule has 0 aliphatic carbocycles. The van der Waals surface area contributed by atoms with Crippen LogP contribution in [-0.2, 0) is 0 Å². The van der Waals surface area contributed by atoms with E-state index in [1.165, 1.54) is 25.9 Å². The fraction of sp³-hybridized carbons (Fsp3) is 0.933. The summed E-state index contributed by atoms with van der Waals surface area (Å²) in [4.78, 5) is 18.7. The molecule has 2 heterocycles. The van der Waals surface area contributed by atoms with Crippen molar-refractivity contribution in [2.75, 3.05) is 46.3 Å². The van der Waals surface area contributed by atoms with Crippen LogP contribution in [0.5, 0.6) is 0 Å². The third-order valence-electron chi connectivity index (χ3n) is 4.74. The second kappa shape index (κ2) is 6.31. The van der Waals surface area contributed by atoms with Crippen LogP contribution in [0.1, 0.15) is 33.6 Å². The van der Waals surface area contributed by atoms with Crippen molar-refractivity contribution in [2.24, 2.45) is 0 Å². The van der Waals surface area contributed by atoms with Gasteiger partial charge < -0.3 is 10.2 Å². The van der Waals surface area contributed by atoms with Gasteiger partial charge in [0, 0.05) is 57.9 Å². The molecule has 2 saturated heterocycles. The quantitative estimate of drug-likeness (QED) is 0.785. The molecule has 0 aromatic carbocycles. The van der Waals surface area contributed by atoms with E-state index in [2.05, 4.69) is 35.9 Å². The zero-order chi connectivity index (χ0) is 14.8. The maximum absolute atomic E-state index is 11.6. The third kappa shape index (κ3) is 3.64. The zero-order valence-corrected chi connectivity index (χ0v) is 13.5. The number of carbonyl (C=O) groups excluding carboxylic acids is 1. The largest absolute Gasteiger partial charge is 0.341 e. The number of carbonyl (C=O) groups is 1. The van der Waals surface area contributed by atoms with Crippen LogP contribution in [0.4, 0.5) is 4.79 Å². The molecule has 2 amide bonds. The molecule has 0 bridgehead atoms. The average molecular weight is 282 g/mol. The van der Waals surface area contributed by atoms with E-state index in [0.717, 1.165) is 26.2 Å². The highest BCUT2D eigenvalue weighted by Gasteiger charge is 2.31. The van der Waals surface area contributed by atoms with Crippen LogP contribution in [0.2, 0.25) is 0 Å². The molecular formula is C15H30N4O. The van der Waals surface area contributed by atoms with Crippen LogP contribution >= 0.6 is 0 Å². The predicted octanol–water partition coefficient (Wildman–Crippen LogP) is 1.21. The molecule has 0 spiro atoms. The number of piperidine rings is 1. The van der Waals surface area contributed by atoms with E-state index in [9.17, 15) is 4.79 Å². The van der Waals surface area contributed by atoms with Crippen molar-refractivity contribution >= 4 is 6.03 Å². The van der Waals surface area contributed by atoms with Crippen molar-refractivity contribution in [1.82, 2.24) is 20.0 Å². The Balaban J connectivity index is 1.77. The number of likely N-dealkylation sites (tertiary alicyclic amines) is 1. The van der Waals surface area contributed by atoms with Crippen molar-refractivity contribution < 1.29 is 4.79 Å². The van der Waals surface area contributed by atoms with E-state index in [1.54, 1.807) is 7.05 Å². The second-order valence-corrected chi connectivity index (χ2v) is 6.97. The highest BCUT2D eigenvalue weighted by Crippen LogP contribution is 2.23. The summed E-state index contributed by atoms with van der Waals surface area (Å²) in [6.45, 7) is 13.1. The van der Waals surface area contributed by atoms with Gasteiger partial charge in [0.25, 0.3) is 0 Å². The Labute approximate surface area is 123 Å². The molecule has 0 atom stereocenters. The fourth-order valence-electron chi connectivity index (χ4n) is 3.35. The highest BCUT2D eigenvalue weighted by molar-refractivity contribution is 5.73. The molecule has 0 aromatic heterocycles. The molecule has 0 unspecified atom stereocenters. The summed E-state index contributed by atoms with van der Waals surface area (Å²) in [6.07, 6.45) is 2.52. The Hall–Kier alpha value is -0.810. The summed E-state index contributed by atoms with van der Waals surface area (Å²) < 4.78 is 0. The number of nitrogens with one attached hydrogen (secondary N) is 1. The highest BCUT2D eigenvalue weighted by atomic mass is 16.2. The van der Waals surface area contributed by atoms with Crippen LogP contribution in [-0.4, -0.2) is 78.6 Å². The van der Waals surface area contributed by atoms with Gasteiger partial charge in [-0.05, 0) is 33.6 Å². The first kappa shape index (κ1) is 15.6. The Bertz CT molecular complexity index is 323. The maximum Gasteiger partial charge on any atom is 0.317 e. The smallest absolute Gasteiger partial charge is 0.317 e. The molecule has 5 heteroatoms. The molecular weight excluding hydrogens is 252 g/mol. The van der Waals surface area contributed by atoms with Gasteiger partial charge in [0.2, 0.25) is 0 Å². The molecule has 0 radical (unpaired) electrons. The molecule has 0 aromatic rings. The number of rotatable bonds is 1. The molecule has 20 heavy (non-hydrogen) atoms. The van der Waals surface area contributed by atoms with Gasteiger partial charge in [-0.3, -0.25) is 9.80 Å². The topological polar surface area (TPSA) is 38.8 Å². The van der Waals surface area contributed by atoms with Crippen molar-refractivity contribution in [3.8, 4) is 0 Å². The number of hydrogen-bond donors (Lipinski definition) is 1. The lowest BCUT2D eigenvalue weighted by Crippen LogP contribution is -2.56. The summed E-state index contributed by atoms with van der Waals surface area (Å²) in [5.41, 5.74) is 0.295. The van der Waals surface area contributed by atoms with Crippen molar-refractivity contribution in [2.45, 2.75) is 45.2 Å². The number of amides is 2. The molecule has 1 N–H and O–H groups in total. The van der Waals surface area contributed by atoms with Gasteiger partial charge in [-0.2, -0.15) is 0 Å². The minimum Gasteiger partial charge on any atom is -0.341 e. The Morgan fingerprint density at radius 1 is 1.00 bits per heavy atom. The molecule has 2 aliphatic rings. The van der Waals surface area contributed by atoms with E-state index in [0.29, 0.717) is 11.6 Å². The van der Waals surface area contributed by atoms with E-state index >= 15 is 0 Å². The summed E-state index contributed by atoms with van der Waals surface area (Å²) in [5.74, 6) is 0. The van der Waals surface area contributed by atoms with E-state index in [1.807, 2.05) is 4.90 Å². The second-order valence-electron chi connectivity index (χ2n) is 6.97. The standard InChI is InChI=1S/C15H30N4O/c1-15(2,3)19-7-5-13(6-8-19)17-9-11-18(12-10-17)14(20)16-4/h13H,5-12H2,1-4H3,(H,16,20). The Kier molecular flexibility index (Phi) is 4.91. The fourth-order valence-corrected chi connectivity index (χ4v) is 3.35. The van der Waals surface area contributed by atoms with E-state index < -0.39 is 0 Å². The van der Waals surface area contributed by atoms with Gasteiger partial charge in [-0.1, -0.05) is 0 Å². The van der Waals surface area contributed by atoms with Crippen molar-refractivity contribution in [3.63, 3.8) is 0 Å². The van der Waals surface area contributed by atoms with Gasteiger partial charge in [0.1, 0.15) is 0 Å².